The van der Waals surface area contributed by atoms with E-state index in [1.165, 1.54) is 18.2 Å². The molecule has 0 atom stereocenters. The number of nitrogens with one attached hydrogen (secondary N) is 2. The third kappa shape index (κ3) is 3.54. The minimum atomic E-state index is -3.88. The SMILES string of the molecule is O=S(=O)(NCC1=CCNCC1)c1cccc(Cl)c1F. The molecular formula is C12H14ClFN2O2S. The zero-order valence-corrected chi connectivity index (χ0v) is 11.7. The summed E-state index contributed by atoms with van der Waals surface area (Å²) in [5, 5.41) is 2.92. The van der Waals surface area contributed by atoms with Crippen LogP contribution in [0.25, 0.3) is 0 Å². The highest BCUT2D eigenvalue weighted by Crippen LogP contribution is 2.21. The fourth-order valence-electron chi connectivity index (χ4n) is 1.79. The van der Waals surface area contributed by atoms with Gasteiger partial charge in [-0.3, -0.25) is 0 Å². The number of rotatable bonds is 4. The Morgan fingerprint density at radius 3 is 2.89 bits per heavy atom. The zero-order valence-electron chi connectivity index (χ0n) is 10.1. The molecule has 2 rings (SSSR count). The van der Waals surface area contributed by atoms with Crippen LogP contribution >= 0.6 is 11.6 Å². The first kappa shape index (κ1) is 14.5. The third-order valence-corrected chi connectivity index (χ3v) is 4.56. The van der Waals surface area contributed by atoms with E-state index in [0.717, 1.165) is 25.1 Å². The molecule has 0 aromatic heterocycles. The lowest BCUT2D eigenvalue weighted by Crippen LogP contribution is -2.30. The Morgan fingerprint density at radius 1 is 1.42 bits per heavy atom. The fraction of sp³-hybridized carbons (Fsp3) is 0.333. The van der Waals surface area contributed by atoms with Crippen LogP contribution in [0.15, 0.2) is 34.7 Å². The summed E-state index contributed by atoms with van der Waals surface area (Å²) in [5.41, 5.74) is 0.991. The Hall–Kier alpha value is -0.950. The molecule has 0 amide bonds. The Kier molecular flexibility index (Phi) is 4.57. The van der Waals surface area contributed by atoms with Gasteiger partial charge in [0.1, 0.15) is 4.90 Å². The van der Waals surface area contributed by atoms with Crippen molar-refractivity contribution in [3.8, 4) is 0 Å². The first-order valence-electron chi connectivity index (χ1n) is 5.83. The quantitative estimate of drug-likeness (QED) is 0.832. The lowest BCUT2D eigenvalue weighted by molar-refractivity contribution is 0.558. The molecule has 0 spiro atoms. The highest BCUT2D eigenvalue weighted by molar-refractivity contribution is 7.89. The summed E-state index contributed by atoms with van der Waals surface area (Å²) in [4.78, 5) is -0.422. The van der Waals surface area contributed by atoms with Crippen LogP contribution in [0.1, 0.15) is 6.42 Å². The maximum atomic E-state index is 13.7. The van der Waals surface area contributed by atoms with E-state index in [2.05, 4.69) is 10.0 Å². The van der Waals surface area contributed by atoms with E-state index in [4.69, 9.17) is 11.6 Å². The van der Waals surface area contributed by atoms with Crippen molar-refractivity contribution in [2.45, 2.75) is 11.3 Å². The summed E-state index contributed by atoms with van der Waals surface area (Å²) in [7, 11) is -3.88. The molecule has 104 valence electrons. The molecular weight excluding hydrogens is 291 g/mol. The number of hydrogen-bond acceptors (Lipinski definition) is 3. The van der Waals surface area contributed by atoms with E-state index >= 15 is 0 Å². The van der Waals surface area contributed by atoms with E-state index in [0.29, 0.717) is 0 Å². The molecule has 1 aliphatic heterocycles. The molecule has 0 aliphatic carbocycles. The van der Waals surface area contributed by atoms with Crippen LogP contribution in [-0.4, -0.2) is 28.1 Å². The van der Waals surface area contributed by atoms with E-state index in [-0.39, 0.29) is 11.6 Å². The number of hydrogen-bond donors (Lipinski definition) is 2. The molecule has 0 bridgehead atoms. The number of halogens is 2. The first-order valence-corrected chi connectivity index (χ1v) is 7.69. The van der Waals surface area contributed by atoms with Gasteiger partial charge >= 0.3 is 0 Å². The van der Waals surface area contributed by atoms with Crippen molar-refractivity contribution in [3.63, 3.8) is 0 Å². The van der Waals surface area contributed by atoms with E-state index in [9.17, 15) is 12.8 Å². The number of sulfonamides is 1. The predicted molar refractivity (Wildman–Crippen MR) is 72.2 cm³/mol. The van der Waals surface area contributed by atoms with Crippen molar-refractivity contribution in [2.24, 2.45) is 0 Å². The minimum Gasteiger partial charge on any atom is -0.313 e. The second-order valence-electron chi connectivity index (χ2n) is 4.19. The van der Waals surface area contributed by atoms with Gasteiger partial charge in [-0.2, -0.15) is 0 Å². The Balaban J connectivity index is 2.14. The van der Waals surface area contributed by atoms with Crippen molar-refractivity contribution in [3.05, 3.63) is 40.7 Å². The standard InChI is InChI=1S/C12H14ClFN2O2S/c13-10-2-1-3-11(12(10)14)19(17,18)16-8-9-4-6-15-7-5-9/h1-4,15-16H,5-8H2. The Morgan fingerprint density at radius 2 is 2.21 bits per heavy atom. The molecule has 0 saturated carbocycles. The van der Waals surface area contributed by atoms with Crippen LogP contribution in [0.3, 0.4) is 0 Å². The summed E-state index contributed by atoms with van der Waals surface area (Å²) >= 11 is 5.58. The lowest BCUT2D eigenvalue weighted by atomic mass is 10.1. The fourth-order valence-corrected chi connectivity index (χ4v) is 3.15. The van der Waals surface area contributed by atoms with Gasteiger partial charge in [0.2, 0.25) is 10.0 Å². The summed E-state index contributed by atoms with van der Waals surface area (Å²) < 4.78 is 40.1. The van der Waals surface area contributed by atoms with Crippen LogP contribution in [0, 0.1) is 5.82 Å². The molecule has 0 unspecified atom stereocenters. The number of benzene rings is 1. The Bertz CT molecular complexity index is 602. The topological polar surface area (TPSA) is 58.2 Å². The second-order valence-corrected chi connectivity index (χ2v) is 6.34. The van der Waals surface area contributed by atoms with Gasteiger partial charge < -0.3 is 5.32 Å². The molecule has 1 aromatic rings. The van der Waals surface area contributed by atoms with Crippen LogP contribution in [-0.2, 0) is 10.0 Å². The van der Waals surface area contributed by atoms with E-state index < -0.39 is 20.7 Å². The van der Waals surface area contributed by atoms with Crippen molar-refractivity contribution in [1.29, 1.82) is 0 Å². The molecule has 0 saturated heterocycles. The highest BCUT2D eigenvalue weighted by atomic mass is 35.5. The second kappa shape index (κ2) is 6.00. The molecule has 1 aliphatic rings. The summed E-state index contributed by atoms with van der Waals surface area (Å²) in [6.07, 6.45) is 2.71. The van der Waals surface area contributed by atoms with Crippen LogP contribution in [0.5, 0.6) is 0 Å². The van der Waals surface area contributed by atoms with Crippen molar-refractivity contribution in [2.75, 3.05) is 19.6 Å². The highest BCUT2D eigenvalue weighted by Gasteiger charge is 2.20. The molecule has 1 aromatic carbocycles. The molecule has 7 heteroatoms. The summed E-state index contributed by atoms with van der Waals surface area (Å²) in [6, 6.07) is 3.91. The van der Waals surface area contributed by atoms with Crippen LogP contribution in [0.4, 0.5) is 4.39 Å². The molecule has 2 N–H and O–H groups in total. The van der Waals surface area contributed by atoms with Crippen molar-refractivity contribution in [1.82, 2.24) is 10.0 Å². The van der Waals surface area contributed by atoms with Gasteiger partial charge in [-0.25, -0.2) is 17.5 Å². The van der Waals surface area contributed by atoms with Gasteiger partial charge in [-0.05, 0) is 25.1 Å². The van der Waals surface area contributed by atoms with Gasteiger partial charge in [0.05, 0.1) is 5.02 Å². The first-order chi connectivity index (χ1) is 9.00. The van der Waals surface area contributed by atoms with Gasteiger partial charge in [0.25, 0.3) is 0 Å². The maximum absolute atomic E-state index is 13.7. The molecule has 19 heavy (non-hydrogen) atoms. The van der Waals surface area contributed by atoms with Crippen molar-refractivity contribution < 1.29 is 12.8 Å². The van der Waals surface area contributed by atoms with Crippen LogP contribution in [0.2, 0.25) is 5.02 Å². The largest absolute Gasteiger partial charge is 0.313 e. The average molecular weight is 305 g/mol. The third-order valence-electron chi connectivity index (χ3n) is 2.85. The normalized spacial score (nSPS) is 16.2. The molecule has 0 fully saturated rings. The molecule has 4 nitrogen and oxygen atoms in total. The van der Waals surface area contributed by atoms with Gasteiger partial charge in [0, 0.05) is 13.1 Å². The zero-order chi connectivity index (χ0) is 13.9. The monoisotopic (exact) mass is 304 g/mol. The van der Waals surface area contributed by atoms with Gasteiger partial charge in [0.15, 0.2) is 5.82 Å². The summed E-state index contributed by atoms with van der Waals surface area (Å²) in [5.74, 6) is -0.920. The molecule has 0 radical (unpaired) electrons. The van der Waals surface area contributed by atoms with Crippen molar-refractivity contribution >= 4 is 21.6 Å². The minimum absolute atomic E-state index is 0.190. The van der Waals surface area contributed by atoms with Gasteiger partial charge in [-0.15, -0.1) is 0 Å². The van der Waals surface area contributed by atoms with E-state index in [1.54, 1.807) is 0 Å². The summed E-state index contributed by atoms with van der Waals surface area (Å²) in [6.45, 7) is 1.73. The van der Waals surface area contributed by atoms with Crippen LogP contribution < -0.4 is 10.0 Å². The predicted octanol–water partition coefficient (Wildman–Crippen LogP) is 1.68. The smallest absolute Gasteiger partial charge is 0.243 e. The van der Waals surface area contributed by atoms with Gasteiger partial charge in [-0.1, -0.05) is 29.3 Å². The lowest BCUT2D eigenvalue weighted by Gasteiger charge is -2.15. The maximum Gasteiger partial charge on any atom is 0.243 e. The molecule has 1 heterocycles. The average Bonchev–Trinajstić information content (AvgIpc) is 2.41. The Labute approximate surface area is 116 Å². The van der Waals surface area contributed by atoms with E-state index in [1.807, 2.05) is 6.08 Å².